The van der Waals surface area contributed by atoms with Crippen molar-refractivity contribution in [3.05, 3.63) is 29.3 Å². The lowest BCUT2D eigenvalue weighted by molar-refractivity contribution is 0.473. The van der Waals surface area contributed by atoms with Crippen LogP contribution in [0.1, 0.15) is 30.4 Å². The molecule has 1 aliphatic carbocycles. The van der Waals surface area contributed by atoms with E-state index >= 15 is 0 Å². The van der Waals surface area contributed by atoms with Gasteiger partial charge in [-0.1, -0.05) is 13.0 Å². The van der Waals surface area contributed by atoms with Gasteiger partial charge in [-0.3, -0.25) is 0 Å². The van der Waals surface area contributed by atoms with E-state index in [9.17, 15) is 5.11 Å². The van der Waals surface area contributed by atoms with Crippen molar-refractivity contribution in [2.45, 2.75) is 25.7 Å². The molecule has 0 aliphatic heterocycles. The molecule has 0 aromatic heterocycles. The first-order valence-electron chi connectivity index (χ1n) is 5.33. The average molecular weight is 191 g/mol. The lowest BCUT2D eigenvalue weighted by Crippen LogP contribution is -2.19. The molecule has 1 aliphatic rings. The first kappa shape index (κ1) is 9.53. The van der Waals surface area contributed by atoms with Gasteiger partial charge in [-0.15, -0.1) is 0 Å². The first-order chi connectivity index (χ1) is 6.81. The van der Waals surface area contributed by atoms with E-state index < -0.39 is 0 Å². The van der Waals surface area contributed by atoms with E-state index in [4.69, 9.17) is 0 Å². The molecular formula is C12H17NO. The van der Waals surface area contributed by atoms with Crippen LogP contribution in [0.2, 0.25) is 0 Å². The highest BCUT2D eigenvalue weighted by Gasteiger charge is 2.21. The Morgan fingerprint density at radius 2 is 2.36 bits per heavy atom. The zero-order valence-electron chi connectivity index (χ0n) is 8.59. The molecule has 76 valence electrons. The lowest BCUT2D eigenvalue weighted by atomic mass is 10.0. The molecule has 2 N–H and O–H groups in total. The standard InChI is InChI=1S/C12H17NO/c1-2-13-8-10-4-3-9-5-6-11(14)7-12(9)10/h5-7,10,13-14H,2-4,8H2,1H3. The van der Waals surface area contributed by atoms with Crippen molar-refractivity contribution in [1.82, 2.24) is 5.32 Å². The number of aryl methyl sites for hydroxylation is 1. The Morgan fingerprint density at radius 1 is 1.50 bits per heavy atom. The molecule has 0 amide bonds. The smallest absolute Gasteiger partial charge is 0.115 e. The van der Waals surface area contributed by atoms with Gasteiger partial charge in [0.1, 0.15) is 5.75 Å². The molecule has 0 fully saturated rings. The van der Waals surface area contributed by atoms with Crippen LogP contribution < -0.4 is 5.32 Å². The van der Waals surface area contributed by atoms with Crippen molar-refractivity contribution in [1.29, 1.82) is 0 Å². The quantitative estimate of drug-likeness (QED) is 0.766. The van der Waals surface area contributed by atoms with Gasteiger partial charge in [0.15, 0.2) is 0 Å². The maximum absolute atomic E-state index is 9.42. The van der Waals surface area contributed by atoms with Crippen LogP contribution in [-0.4, -0.2) is 18.2 Å². The summed E-state index contributed by atoms with van der Waals surface area (Å²) >= 11 is 0. The summed E-state index contributed by atoms with van der Waals surface area (Å²) in [5.74, 6) is 0.990. The Hall–Kier alpha value is -1.02. The van der Waals surface area contributed by atoms with Crippen LogP contribution in [0.3, 0.4) is 0 Å². The van der Waals surface area contributed by atoms with Crippen molar-refractivity contribution in [2.24, 2.45) is 0 Å². The van der Waals surface area contributed by atoms with E-state index in [-0.39, 0.29) is 0 Å². The number of benzene rings is 1. The molecule has 2 nitrogen and oxygen atoms in total. The first-order valence-corrected chi connectivity index (χ1v) is 5.33. The second kappa shape index (κ2) is 4.01. The van der Waals surface area contributed by atoms with E-state index in [1.54, 1.807) is 6.07 Å². The molecule has 0 heterocycles. The number of phenols is 1. The highest BCUT2D eigenvalue weighted by atomic mass is 16.3. The fourth-order valence-corrected chi connectivity index (χ4v) is 2.21. The van der Waals surface area contributed by atoms with Gasteiger partial charge in [0, 0.05) is 6.54 Å². The number of nitrogens with one attached hydrogen (secondary N) is 1. The number of aromatic hydroxyl groups is 1. The summed E-state index contributed by atoms with van der Waals surface area (Å²) in [5.41, 5.74) is 2.75. The Bertz CT molecular complexity index is 322. The summed E-state index contributed by atoms with van der Waals surface area (Å²) in [6.45, 7) is 4.18. The van der Waals surface area contributed by atoms with Crippen molar-refractivity contribution < 1.29 is 5.11 Å². The third kappa shape index (κ3) is 1.75. The Labute approximate surface area is 85.0 Å². The molecule has 14 heavy (non-hydrogen) atoms. The van der Waals surface area contributed by atoms with Crippen LogP contribution in [0.4, 0.5) is 0 Å². The summed E-state index contributed by atoms with van der Waals surface area (Å²) in [5, 5.41) is 12.8. The van der Waals surface area contributed by atoms with Crippen LogP contribution in [0.25, 0.3) is 0 Å². The van der Waals surface area contributed by atoms with Crippen LogP contribution in [0, 0.1) is 0 Å². The molecule has 1 aromatic rings. The summed E-state index contributed by atoms with van der Waals surface area (Å²) in [6.07, 6.45) is 2.37. The summed E-state index contributed by atoms with van der Waals surface area (Å²) < 4.78 is 0. The highest BCUT2D eigenvalue weighted by molar-refractivity contribution is 5.40. The third-order valence-electron chi connectivity index (χ3n) is 2.97. The number of hydrogen-bond acceptors (Lipinski definition) is 2. The molecule has 1 unspecified atom stereocenters. The van der Waals surface area contributed by atoms with Gasteiger partial charge >= 0.3 is 0 Å². The molecule has 1 aromatic carbocycles. The Balaban J connectivity index is 2.16. The largest absolute Gasteiger partial charge is 0.508 e. The van der Waals surface area contributed by atoms with Crippen LogP contribution in [-0.2, 0) is 6.42 Å². The van der Waals surface area contributed by atoms with Crippen molar-refractivity contribution in [3.8, 4) is 5.75 Å². The molecule has 1 atom stereocenters. The minimum absolute atomic E-state index is 0.396. The molecular weight excluding hydrogens is 174 g/mol. The molecule has 0 bridgehead atoms. The number of hydrogen-bond donors (Lipinski definition) is 2. The Kier molecular flexibility index (Phi) is 2.73. The molecule has 0 radical (unpaired) electrons. The SMILES string of the molecule is CCNCC1CCc2ccc(O)cc21. The van der Waals surface area contributed by atoms with Gasteiger partial charge in [0.2, 0.25) is 0 Å². The maximum Gasteiger partial charge on any atom is 0.115 e. The number of fused-ring (bicyclic) bond motifs is 1. The van der Waals surface area contributed by atoms with Gasteiger partial charge in [-0.2, -0.15) is 0 Å². The van der Waals surface area contributed by atoms with E-state index in [2.05, 4.69) is 18.3 Å². The van der Waals surface area contributed by atoms with E-state index in [1.165, 1.54) is 17.5 Å². The summed E-state index contributed by atoms with van der Waals surface area (Å²) in [7, 11) is 0. The van der Waals surface area contributed by atoms with Gasteiger partial charge in [0.25, 0.3) is 0 Å². The van der Waals surface area contributed by atoms with Crippen LogP contribution in [0.5, 0.6) is 5.75 Å². The van der Waals surface area contributed by atoms with Gasteiger partial charge < -0.3 is 10.4 Å². The van der Waals surface area contributed by atoms with Crippen molar-refractivity contribution in [2.75, 3.05) is 13.1 Å². The molecule has 0 spiro atoms. The predicted molar refractivity (Wildman–Crippen MR) is 57.7 cm³/mol. The van der Waals surface area contributed by atoms with Gasteiger partial charge in [-0.25, -0.2) is 0 Å². The highest BCUT2D eigenvalue weighted by Crippen LogP contribution is 2.34. The second-order valence-electron chi connectivity index (χ2n) is 3.93. The van der Waals surface area contributed by atoms with E-state index in [0.717, 1.165) is 19.5 Å². The fourth-order valence-electron chi connectivity index (χ4n) is 2.21. The number of likely N-dealkylation sites (N-methyl/N-ethyl adjacent to an activating group) is 1. The summed E-state index contributed by atoms with van der Waals surface area (Å²) in [4.78, 5) is 0. The minimum Gasteiger partial charge on any atom is -0.508 e. The number of rotatable bonds is 3. The molecule has 0 saturated heterocycles. The third-order valence-corrected chi connectivity index (χ3v) is 2.97. The van der Waals surface area contributed by atoms with Gasteiger partial charge in [-0.05, 0) is 48.6 Å². The Morgan fingerprint density at radius 3 is 3.14 bits per heavy atom. The maximum atomic E-state index is 9.42. The normalized spacial score (nSPS) is 19.6. The monoisotopic (exact) mass is 191 g/mol. The van der Waals surface area contributed by atoms with Gasteiger partial charge in [0.05, 0.1) is 0 Å². The molecule has 0 saturated carbocycles. The zero-order valence-corrected chi connectivity index (χ0v) is 8.59. The predicted octanol–water partition coefficient (Wildman–Crippen LogP) is 2.03. The summed E-state index contributed by atoms with van der Waals surface area (Å²) in [6, 6.07) is 5.76. The zero-order chi connectivity index (χ0) is 9.97. The second-order valence-corrected chi connectivity index (χ2v) is 3.93. The van der Waals surface area contributed by atoms with E-state index in [1.807, 2.05) is 6.07 Å². The van der Waals surface area contributed by atoms with E-state index in [0.29, 0.717) is 11.7 Å². The number of phenolic OH excluding ortho intramolecular Hbond substituents is 1. The minimum atomic E-state index is 0.396. The average Bonchev–Trinajstić information content (AvgIpc) is 2.57. The van der Waals surface area contributed by atoms with Crippen LogP contribution in [0.15, 0.2) is 18.2 Å². The fraction of sp³-hybridized carbons (Fsp3) is 0.500. The lowest BCUT2D eigenvalue weighted by Gasteiger charge is -2.11. The van der Waals surface area contributed by atoms with Crippen molar-refractivity contribution in [3.63, 3.8) is 0 Å². The molecule has 2 rings (SSSR count). The topological polar surface area (TPSA) is 32.3 Å². The van der Waals surface area contributed by atoms with Crippen LogP contribution >= 0.6 is 0 Å². The molecule has 2 heteroatoms. The van der Waals surface area contributed by atoms with Crippen molar-refractivity contribution >= 4 is 0 Å².